The van der Waals surface area contributed by atoms with Gasteiger partial charge in [-0.2, -0.15) is 0 Å². The van der Waals surface area contributed by atoms with Gasteiger partial charge in [-0.05, 0) is 37.7 Å². The lowest BCUT2D eigenvalue weighted by atomic mass is 9.78. The van der Waals surface area contributed by atoms with Crippen LogP contribution in [0.2, 0.25) is 0 Å². The molecule has 23 heavy (non-hydrogen) atoms. The Hall–Kier alpha value is -1.88. The first-order valence-electron chi connectivity index (χ1n) is 8.36. The van der Waals surface area contributed by atoms with Gasteiger partial charge in [0, 0.05) is 6.54 Å². The summed E-state index contributed by atoms with van der Waals surface area (Å²) >= 11 is 0. The molecule has 5 heteroatoms. The van der Waals surface area contributed by atoms with Crippen molar-refractivity contribution in [2.45, 2.75) is 44.3 Å². The Kier molecular flexibility index (Phi) is 4.96. The number of aryl methyl sites for hydroxylation is 1. The van der Waals surface area contributed by atoms with Crippen LogP contribution in [0, 0.1) is 11.8 Å². The molecule has 2 N–H and O–H groups in total. The maximum absolute atomic E-state index is 12.3. The van der Waals surface area contributed by atoms with Crippen molar-refractivity contribution in [1.82, 2.24) is 5.32 Å². The highest BCUT2D eigenvalue weighted by Gasteiger charge is 2.55. The fourth-order valence-corrected chi connectivity index (χ4v) is 3.75. The molecule has 2 bridgehead atoms. The van der Waals surface area contributed by atoms with Crippen molar-refractivity contribution in [1.29, 1.82) is 0 Å². The number of carboxylic acids is 1. The number of amides is 1. The number of aliphatic carboxylic acids is 1. The number of fused-ring (bicyclic) bond motifs is 2. The third-order valence-corrected chi connectivity index (χ3v) is 4.90. The van der Waals surface area contributed by atoms with Crippen molar-refractivity contribution in [3.05, 3.63) is 35.9 Å². The molecule has 0 spiro atoms. The summed E-state index contributed by atoms with van der Waals surface area (Å²) in [4.78, 5) is 23.7. The van der Waals surface area contributed by atoms with Gasteiger partial charge in [0.25, 0.3) is 0 Å². The van der Waals surface area contributed by atoms with Gasteiger partial charge >= 0.3 is 5.97 Å². The fraction of sp³-hybridized carbons (Fsp3) is 0.556. The number of rotatable bonds is 7. The van der Waals surface area contributed by atoms with Crippen LogP contribution in [-0.4, -0.2) is 35.7 Å². The molecule has 0 radical (unpaired) electrons. The predicted molar refractivity (Wildman–Crippen MR) is 84.9 cm³/mol. The second-order valence-corrected chi connectivity index (χ2v) is 6.41. The second kappa shape index (κ2) is 7.13. The molecular weight excluding hydrogens is 294 g/mol. The van der Waals surface area contributed by atoms with Gasteiger partial charge in [0.1, 0.15) is 0 Å². The average Bonchev–Trinajstić information content (AvgIpc) is 3.16. The number of nitrogens with one attached hydrogen (secondary N) is 1. The largest absolute Gasteiger partial charge is 0.481 e. The lowest BCUT2D eigenvalue weighted by Gasteiger charge is -2.23. The minimum atomic E-state index is -0.915. The fourth-order valence-electron chi connectivity index (χ4n) is 3.75. The van der Waals surface area contributed by atoms with E-state index in [1.165, 1.54) is 5.56 Å². The first-order chi connectivity index (χ1) is 11.2. The lowest BCUT2D eigenvalue weighted by Crippen LogP contribution is -2.44. The minimum Gasteiger partial charge on any atom is -0.481 e. The quantitative estimate of drug-likeness (QED) is 0.754. The van der Waals surface area contributed by atoms with Crippen LogP contribution in [0.4, 0.5) is 0 Å². The zero-order valence-corrected chi connectivity index (χ0v) is 13.1. The van der Waals surface area contributed by atoms with E-state index in [0.29, 0.717) is 6.54 Å². The highest BCUT2D eigenvalue weighted by atomic mass is 16.5. The predicted octanol–water partition coefficient (Wildman–Crippen LogP) is 2.00. The van der Waals surface area contributed by atoms with E-state index in [4.69, 9.17) is 4.74 Å². The van der Waals surface area contributed by atoms with Crippen LogP contribution in [0.25, 0.3) is 0 Å². The first kappa shape index (κ1) is 16.0. The molecule has 3 rings (SSSR count). The number of hydrogen-bond acceptors (Lipinski definition) is 3. The highest BCUT2D eigenvalue weighted by molar-refractivity contribution is 5.86. The zero-order chi connectivity index (χ0) is 16.2. The smallest absolute Gasteiger partial charge is 0.310 e. The summed E-state index contributed by atoms with van der Waals surface area (Å²) in [5.41, 5.74) is 1.30. The molecule has 1 aromatic carbocycles. The molecule has 0 aromatic heterocycles. The van der Waals surface area contributed by atoms with Gasteiger partial charge in [-0.3, -0.25) is 9.59 Å². The molecule has 5 nitrogen and oxygen atoms in total. The Morgan fingerprint density at radius 1 is 1.09 bits per heavy atom. The Labute approximate surface area is 136 Å². The van der Waals surface area contributed by atoms with Crippen LogP contribution in [-0.2, 0) is 20.7 Å². The third kappa shape index (κ3) is 3.55. The molecule has 0 saturated carbocycles. The van der Waals surface area contributed by atoms with Gasteiger partial charge in [-0.15, -0.1) is 0 Å². The number of benzene rings is 1. The van der Waals surface area contributed by atoms with E-state index in [1.54, 1.807) is 0 Å². The Morgan fingerprint density at radius 2 is 1.78 bits per heavy atom. The molecule has 124 valence electrons. The van der Waals surface area contributed by atoms with Gasteiger partial charge in [0.05, 0.1) is 24.0 Å². The number of ether oxygens (including phenoxy) is 1. The molecule has 0 aliphatic carbocycles. The van der Waals surface area contributed by atoms with Crippen LogP contribution in [0.15, 0.2) is 30.3 Å². The third-order valence-electron chi connectivity index (χ3n) is 4.90. The minimum absolute atomic E-state index is 0.163. The van der Waals surface area contributed by atoms with Gasteiger partial charge < -0.3 is 15.2 Å². The Morgan fingerprint density at radius 3 is 2.48 bits per heavy atom. The standard InChI is InChI=1S/C18H23NO4/c20-17(15-13-9-10-14(23-13)16(15)18(21)22)19-11-5-4-8-12-6-2-1-3-7-12/h1-3,6-7,13-16H,4-5,8-11H2,(H,19,20)(H,21,22)/t13-,14+,15?,16?/m0/s1. The second-order valence-electron chi connectivity index (χ2n) is 6.41. The summed E-state index contributed by atoms with van der Waals surface area (Å²) in [5, 5.41) is 12.2. The van der Waals surface area contributed by atoms with Gasteiger partial charge in [-0.1, -0.05) is 30.3 Å². The van der Waals surface area contributed by atoms with Crippen molar-refractivity contribution in [2.75, 3.05) is 6.54 Å². The van der Waals surface area contributed by atoms with E-state index in [-0.39, 0.29) is 18.1 Å². The van der Waals surface area contributed by atoms with Crippen LogP contribution in [0.5, 0.6) is 0 Å². The van der Waals surface area contributed by atoms with E-state index >= 15 is 0 Å². The van der Waals surface area contributed by atoms with Crippen LogP contribution >= 0.6 is 0 Å². The Balaban J connectivity index is 1.42. The SMILES string of the molecule is O=C(NCCCCc1ccccc1)C1C(C(=O)O)[C@H]2CC[C@@H]1O2. The number of hydrogen-bond donors (Lipinski definition) is 2. The number of carboxylic acid groups (broad SMARTS) is 1. The maximum Gasteiger partial charge on any atom is 0.310 e. The maximum atomic E-state index is 12.3. The molecule has 2 aliphatic rings. The number of unbranched alkanes of at least 4 members (excludes halogenated alkanes) is 1. The topological polar surface area (TPSA) is 75.6 Å². The van der Waals surface area contributed by atoms with Crippen molar-refractivity contribution >= 4 is 11.9 Å². The van der Waals surface area contributed by atoms with E-state index in [1.807, 2.05) is 18.2 Å². The van der Waals surface area contributed by atoms with E-state index in [9.17, 15) is 14.7 Å². The molecule has 1 aromatic rings. The molecule has 1 amide bonds. The number of carbonyl (C=O) groups is 2. The molecule has 2 fully saturated rings. The summed E-state index contributed by atoms with van der Waals surface area (Å²) in [6.45, 7) is 0.589. The molecule has 2 heterocycles. The van der Waals surface area contributed by atoms with Crippen LogP contribution in [0.1, 0.15) is 31.2 Å². The van der Waals surface area contributed by atoms with Crippen molar-refractivity contribution in [2.24, 2.45) is 11.8 Å². The van der Waals surface area contributed by atoms with Crippen LogP contribution in [0.3, 0.4) is 0 Å². The Bertz CT molecular complexity index is 559. The van der Waals surface area contributed by atoms with Crippen molar-refractivity contribution < 1.29 is 19.4 Å². The molecule has 2 saturated heterocycles. The van der Waals surface area contributed by atoms with Gasteiger partial charge in [0.15, 0.2) is 0 Å². The molecular formula is C18H23NO4. The monoisotopic (exact) mass is 317 g/mol. The summed E-state index contributed by atoms with van der Waals surface area (Å²) in [6, 6.07) is 10.3. The zero-order valence-electron chi connectivity index (χ0n) is 13.1. The van der Waals surface area contributed by atoms with Crippen LogP contribution < -0.4 is 5.32 Å². The van der Waals surface area contributed by atoms with E-state index in [2.05, 4.69) is 17.4 Å². The molecule has 2 unspecified atom stereocenters. The molecule has 2 aliphatic heterocycles. The average molecular weight is 317 g/mol. The summed E-state index contributed by atoms with van der Waals surface area (Å²) in [5.74, 6) is -2.29. The van der Waals surface area contributed by atoms with Gasteiger partial charge in [-0.25, -0.2) is 0 Å². The molecule has 4 atom stereocenters. The summed E-state index contributed by atoms with van der Waals surface area (Å²) in [6.07, 6.45) is 3.92. The van der Waals surface area contributed by atoms with Crippen molar-refractivity contribution in [3.8, 4) is 0 Å². The number of carbonyl (C=O) groups excluding carboxylic acids is 1. The lowest BCUT2D eigenvalue weighted by molar-refractivity contribution is -0.147. The highest BCUT2D eigenvalue weighted by Crippen LogP contribution is 2.43. The normalized spacial score (nSPS) is 28.7. The van der Waals surface area contributed by atoms with Gasteiger partial charge in [0.2, 0.25) is 5.91 Å². The summed E-state index contributed by atoms with van der Waals surface area (Å²) in [7, 11) is 0. The van der Waals surface area contributed by atoms with Crippen molar-refractivity contribution in [3.63, 3.8) is 0 Å². The van der Waals surface area contributed by atoms with E-state index < -0.39 is 17.8 Å². The first-order valence-corrected chi connectivity index (χ1v) is 8.36. The summed E-state index contributed by atoms with van der Waals surface area (Å²) < 4.78 is 5.62. The van der Waals surface area contributed by atoms with E-state index in [0.717, 1.165) is 32.1 Å².